The van der Waals surface area contributed by atoms with E-state index >= 15 is 0 Å². The Bertz CT molecular complexity index is 1070. The van der Waals surface area contributed by atoms with Crippen molar-refractivity contribution in [1.82, 2.24) is 0 Å². The molecule has 360 valence electrons. The summed E-state index contributed by atoms with van der Waals surface area (Å²) in [5.41, 5.74) is 0. The van der Waals surface area contributed by atoms with Gasteiger partial charge in [0, 0.05) is 19.4 Å². The van der Waals surface area contributed by atoms with E-state index in [2.05, 4.69) is 81.5 Å². The van der Waals surface area contributed by atoms with Crippen molar-refractivity contribution in [1.29, 1.82) is 0 Å². The molecule has 0 radical (unpaired) electrons. The number of hydrogen-bond donors (Lipinski definition) is 0. The fraction of sp³-hybridized carbons (Fsp3) is 0.789. The first-order chi connectivity index (χ1) is 30.6. The molecular formula is C57H102O5. The van der Waals surface area contributed by atoms with Gasteiger partial charge in [0.25, 0.3) is 0 Å². The van der Waals surface area contributed by atoms with Crippen LogP contribution in [0.5, 0.6) is 0 Å². The van der Waals surface area contributed by atoms with Crippen LogP contribution in [0.15, 0.2) is 60.8 Å². The topological polar surface area (TPSA) is 61.8 Å². The quantitative estimate of drug-likeness (QED) is 0.0346. The van der Waals surface area contributed by atoms with Crippen molar-refractivity contribution in [3.63, 3.8) is 0 Å². The average Bonchev–Trinajstić information content (AvgIpc) is 3.27. The van der Waals surface area contributed by atoms with Crippen LogP contribution in [0.2, 0.25) is 0 Å². The summed E-state index contributed by atoms with van der Waals surface area (Å²) in [4.78, 5) is 25.4. The van der Waals surface area contributed by atoms with Crippen LogP contribution in [0.4, 0.5) is 0 Å². The molecule has 0 saturated carbocycles. The van der Waals surface area contributed by atoms with Gasteiger partial charge in [-0.1, -0.05) is 255 Å². The van der Waals surface area contributed by atoms with E-state index in [1.807, 2.05) is 0 Å². The van der Waals surface area contributed by atoms with Crippen molar-refractivity contribution in [2.24, 2.45) is 0 Å². The molecule has 0 rings (SSSR count). The molecule has 0 aromatic carbocycles. The first-order valence-corrected chi connectivity index (χ1v) is 26.8. The number of carbonyl (C=O) groups excluding carboxylic acids is 2. The van der Waals surface area contributed by atoms with E-state index < -0.39 is 6.10 Å². The van der Waals surface area contributed by atoms with Gasteiger partial charge < -0.3 is 14.2 Å². The van der Waals surface area contributed by atoms with Crippen molar-refractivity contribution >= 4 is 11.9 Å². The Hall–Kier alpha value is -2.40. The molecule has 5 heteroatoms. The molecule has 0 aromatic rings. The Balaban J connectivity index is 4.33. The Labute approximate surface area is 385 Å². The zero-order valence-corrected chi connectivity index (χ0v) is 41.4. The van der Waals surface area contributed by atoms with E-state index in [1.165, 1.54) is 161 Å². The maximum atomic E-state index is 12.8. The third-order valence-corrected chi connectivity index (χ3v) is 11.6. The van der Waals surface area contributed by atoms with Crippen LogP contribution in [0, 0.1) is 0 Å². The van der Waals surface area contributed by atoms with Crippen LogP contribution in [-0.4, -0.2) is 37.9 Å². The SMILES string of the molecule is CC/C=C\C/C=C\C/C=C\C/C=C\C/C=C\CCCC(=O)O[C@H](COCCCCCCCCCCCCCCCCCC)COC(=O)CCCCCCCCCCCCCCC. The van der Waals surface area contributed by atoms with Gasteiger partial charge in [-0.25, -0.2) is 0 Å². The van der Waals surface area contributed by atoms with Crippen molar-refractivity contribution in [3.05, 3.63) is 60.8 Å². The fourth-order valence-electron chi connectivity index (χ4n) is 7.61. The second kappa shape index (κ2) is 52.9. The van der Waals surface area contributed by atoms with Crippen LogP contribution >= 0.6 is 0 Å². The minimum absolute atomic E-state index is 0.0662. The molecule has 0 heterocycles. The lowest BCUT2D eigenvalue weighted by Crippen LogP contribution is -2.30. The highest BCUT2D eigenvalue weighted by Crippen LogP contribution is 2.16. The van der Waals surface area contributed by atoms with Gasteiger partial charge in [0.15, 0.2) is 6.10 Å². The maximum absolute atomic E-state index is 12.8. The van der Waals surface area contributed by atoms with Crippen LogP contribution < -0.4 is 0 Å². The van der Waals surface area contributed by atoms with Crippen molar-refractivity contribution in [2.45, 2.75) is 271 Å². The Morgan fingerprint density at radius 2 is 0.726 bits per heavy atom. The summed E-state index contributed by atoms with van der Waals surface area (Å²) in [6, 6.07) is 0. The summed E-state index contributed by atoms with van der Waals surface area (Å²) in [6.07, 6.45) is 66.7. The lowest BCUT2D eigenvalue weighted by atomic mass is 10.0. The van der Waals surface area contributed by atoms with Crippen LogP contribution in [0.3, 0.4) is 0 Å². The Morgan fingerprint density at radius 3 is 1.15 bits per heavy atom. The van der Waals surface area contributed by atoms with Gasteiger partial charge in [-0.15, -0.1) is 0 Å². The first-order valence-electron chi connectivity index (χ1n) is 26.8. The monoisotopic (exact) mass is 867 g/mol. The number of esters is 2. The highest BCUT2D eigenvalue weighted by Gasteiger charge is 2.17. The summed E-state index contributed by atoms with van der Waals surface area (Å²) in [6.45, 7) is 7.69. The highest BCUT2D eigenvalue weighted by atomic mass is 16.6. The van der Waals surface area contributed by atoms with E-state index in [0.29, 0.717) is 19.4 Å². The minimum Gasteiger partial charge on any atom is -0.462 e. The molecule has 0 aliphatic rings. The number of hydrogen-bond acceptors (Lipinski definition) is 5. The number of carbonyl (C=O) groups is 2. The molecule has 0 aliphatic heterocycles. The van der Waals surface area contributed by atoms with Gasteiger partial charge in [-0.05, 0) is 57.8 Å². The van der Waals surface area contributed by atoms with Gasteiger partial charge in [0.1, 0.15) is 6.61 Å². The summed E-state index contributed by atoms with van der Waals surface area (Å²) >= 11 is 0. The normalized spacial score (nSPS) is 12.6. The van der Waals surface area contributed by atoms with Gasteiger partial charge in [0.05, 0.1) is 6.61 Å². The largest absolute Gasteiger partial charge is 0.462 e. The van der Waals surface area contributed by atoms with Gasteiger partial charge in [-0.3, -0.25) is 9.59 Å². The summed E-state index contributed by atoms with van der Waals surface area (Å²) < 4.78 is 17.4. The maximum Gasteiger partial charge on any atom is 0.306 e. The second-order valence-electron chi connectivity index (χ2n) is 17.8. The molecule has 0 aliphatic carbocycles. The standard InChI is InChI=1S/C57H102O5/c1-4-7-10-13-16-19-22-25-27-29-30-33-36-39-42-45-48-51-57(59)62-55(54-61-56(58)50-47-44-41-38-35-32-24-21-18-15-12-9-6-3)53-60-52-49-46-43-40-37-34-31-28-26-23-20-17-14-11-8-5-2/h7,10,16,19,25,27,30,33,39,42,55H,4-6,8-9,11-15,17-18,20-24,26,28-29,31-32,34-38,40-41,43-54H2,1-3H3/b10-7-,19-16-,27-25-,33-30-,42-39-/t55-/m1/s1. The summed E-state index contributed by atoms with van der Waals surface area (Å²) in [5.74, 6) is -0.453. The molecule has 62 heavy (non-hydrogen) atoms. The fourth-order valence-corrected chi connectivity index (χ4v) is 7.61. The molecule has 0 aromatic heterocycles. The van der Waals surface area contributed by atoms with Gasteiger partial charge >= 0.3 is 11.9 Å². The van der Waals surface area contributed by atoms with Crippen molar-refractivity contribution in [2.75, 3.05) is 19.8 Å². The van der Waals surface area contributed by atoms with Gasteiger partial charge in [0.2, 0.25) is 0 Å². The Morgan fingerprint density at radius 1 is 0.371 bits per heavy atom. The highest BCUT2D eigenvalue weighted by molar-refractivity contribution is 5.70. The van der Waals surface area contributed by atoms with E-state index in [9.17, 15) is 9.59 Å². The van der Waals surface area contributed by atoms with E-state index in [0.717, 1.165) is 70.6 Å². The van der Waals surface area contributed by atoms with Gasteiger partial charge in [-0.2, -0.15) is 0 Å². The van der Waals surface area contributed by atoms with Crippen LogP contribution in [0.1, 0.15) is 265 Å². The smallest absolute Gasteiger partial charge is 0.306 e. The van der Waals surface area contributed by atoms with E-state index in [4.69, 9.17) is 14.2 Å². The molecule has 0 amide bonds. The predicted molar refractivity (Wildman–Crippen MR) is 270 cm³/mol. The molecule has 0 fully saturated rings. The number of unbranched alkanes of at least 4 members (excludes halogenated alkanes) is 28. The molecule has 0 N–H and O–H groups in total. The minimum atomic E-state index is -0.562. The molecular weight excluding hydrogens is 765 g/mol. The second-order valence-corrected chi connectivity index (χ2v) is 17.8. The summed E-state index contributed by atoms with van der Waals surface area (Å²) in [7, 11) is 0. The van der Waals surface area contributed by atoms with E-state index in [-0.39, 0.29) is 25.2 Å². The number of ether oxygens (including phenoxy) is 3. The number of allylic oxidation sites excluding steroid dienone is 10. The van der Waals surface area contributed by atoms with Crippen LogP contribution in [-0.2, 0) is 23.8 Å². The molecule has 0 saturated heterocycles. The molecule has 0 bridgehead atoms. The first kappa shape index (κ1) is 59.6. The zero-order valence-electron chi connectivity index (χ0n) is 41.4. The summed E-state index contributed by atoms with van der Waals surface area (Å²) in [5, 5.41) is 0. The predicted octanol–water partition coefficient (Wildman–Crippen LogP) is 18.1. The number of rotatable bonds is 49. The van der Waals surface area contributed by atoms with E-state index in [1.54, 1.807) is 0 Å². The Kier molecular flexibility index (Phi) is 50.9. The average molecular weight is 867 g/mol. The van der Waals surface area contributed by atoms with Crippen molar-refractivity contribution in [3.8, 4) is 0 Å². The zero-order chi connectivity index (χ0) is 44.9. The molecule has 5 nitrogen and oxygen atoms in total. The molecule has 1 atom stereocenters. The van der Waals surface area contributed by atoms with Crippen molar-refractivity contribution < 1.29 is 23.8 Å². The third kappa shape index (κ3) is 50.2. The lowest BCUT2D eigenvalue weighted by Gasteiger charge is -2.18. The lowest BCUT2D eigenvalue weighted by molar-refractivity contribution is -0.162. The van der Waals surface area contributed by atoms with Crippen LogP contribution in [0.25, 0.3) is 0 Å². The molecule has 0 unspecified atom stereocenters. The third-order valence-electron chi connectivity index (χ3n) is 11.6. The molecule has 0 spiro atoms.